The van der Waals surface area contributed by atoms with Gasteiger partial charge in [-0.25, -0.2) is 15.0 Å². The molecule has 0 saturated carbocycles. The molecule has 0 N–H and O–H groups in total. The van der Waals surface area contributed by atoms with Gasteiger partial charge in [0, 0.05) is 31.0 Å². The topological polar surface area (TPSA) is 38.7 Å². The van der Waals surface area contributed by atoms with Gasteiger partial charge in [-0.2, -0.15) is 0 Å². The lowest BCUT2D eigenvalue weighted by Crippen LogP contribution is -2.03. The van der Waals surface area contributed by atoms with Crippen LogP contribution in [-0.4, -0.2) is 15.0 Å². The maximum absolute atomic E-state index is 4.91. The van der Waals surface area contributed by atoms with E-state index in [1.54, 1.807) is 0 Å². The van der Waals surface area contributed by atoms with Crippen LogP contribution in [0.4, 0.5) is 0 Å². The van der Waals surface area contributed by atoms with Gasteiger partial charge in [0.2, 0.25) is 0 Å². The van der Waals surface area contributed by atoms with E-state index >= 15 is 0 Å². The van der Waals surface area contributed by atoms with Crippen LogP contribution < -0.4 is 0 Å². The summed E-state index contributed by atoms with van der Waals surface area (Å²) in [5.41, 5.74) is 5.66. The number of allylic oxidation sites excluding steroid dienone is 1. The first-order chi connectivity index (χ1) is 15.2. The Labute approximate surface area is 189 Å². The quantitative estimate of drug-likeness (QED) is 0.290. The normalized spacial score (nSPS) is 11.9. The molecule has 5 aromatic rings. The Kier molecular flexibility index (Phi) is 5.22. The summed E-state index contributed by atoms with van der Waals surface area (Å²) in [4.78, 5) is 15.9. The largest absolute Gasteiger partial charge is 0.208 e. The van der Waals surface area contributed by atoms with E-state index in [9.17, 15) is 0 Å². The first-order valence-corrected chi connectivity index (χ1v) is 11.9. The second kappa shape index (κ2) is 8.17. The molecule has 0 spiro atoms. The second-order valence-electron chi connectivity index (χ2n) is 7.37. The highest BCUT2D eigenvalue weighted by Gasteiger charge is 2.20. The van der Waals surface area contributed by atoms with E-state index in [-0.39, 0.29) is 0 Å². The van der Waals surface area contributed by atoms with Gasteiger partial charge in [-0.1, -0.05) is 66.7 Å². The minimum Gasteiger partial charge on any atom is -0.208 e. The molecule has 0 radical (unpaired) electrons. The van der Waals surface area contributed by atoms with Crippen molar-refractivity contribution in [2.45, 2.75) is 20.8 Å². The fraction of sp³-hybridized carbons (Fsp3) is 0.115. The van der Waals surface area contributed by atoms with Gasteiger partial charge in [0.15, 0.2) is 17.5 Å². The fourth-order valence-electron chi connectivity index (χ4n) is 3.65. The van der Waals surface area contributed by atoms with Crippen LogP contribution in [0.5, 0.6) is 0 Å². The van der Waals surface area contributed by atoms with Crippen molar-refractivity contribution in [1.29, 1.82) is 0 Å². The number of benzene rings is 2. The lowest BCUT2D eigenvalue weighted by atomic mass is 10.1. The molecule has 3 heterocycles. The van der Waals surface area contributed by atoms with Crippen LogP contribution in [0.3, 0.4) is 0 Å². The van der Waals surface area contributed by atoms with E-state index in [0.29, 0.717) is 17.5 Å². The third kappa shape index (κ3) is 3.60. The van der Waals surface area contributed by atoms with E-state index in [0.717, 1.165) is 16.7 Å². The van der Waals surface area contributed by atoms with Crippen LogP contribution in [0.25, 0.3) is 37.7 Å². The summed E-state index contributed by atoms with van der Waals surface area (Å²) < 4.78 is 2.72. The summed E-state index contributed by atoms with van der Waals surface area (Å²) in [6.07, 6.45) is 2.12. The van der Waals surface area contributed by atoms with Gasteiger partial charge in [0.1, 0.15) is 0 Å². The molecule has 0 saturated heterocycles. The molecule has 3 nitrogen and oxygen atoms in total. The van der Waals surface area contributed by atoms with Gasteiger partial charge in [-0.05, 0) is 37.3 Å². The zero-order valence-corrected chi connectivity index (χ0v) is 19.2. The van der Waals surface area contributed by atoms with Crippen LogP contribution in [0.2, 0.25) is 0 Å². The molecule has 0 aliphatic heterocycles. The number of hydrogen-bond acceptors (Lipinski definition) is 5. The zero-order valence-electron chi connectivity index (χ0n) is 17.6. The number of aryl methyl sites for hydroxylation is 2. The van der Waals surface area contributed by atoms with Gasteiger partial charge in [0.05, 0.1) is 0 Å². The van der Waals surface area contributed by atoms with Crippen LogP contribution in [0.1, 0.15) is 28.8 Å². The molecule has 3 aromatic heterocycles. The molecular formula is C26H21N3S2. The van der Waals surface area contributed by atoms with Crippen LogP contribution in [-0.2, 0) is 0 Å². The third-order valence-corrected chi connectivity index (χ3v) is 8.08. The SMILES string of the molecule is C/C=C(/c1nc(-c2ccccc2)nc(-c2ccccc2)n1)c1sc2c(C)csc2c1C. The van der Waals surface area contributed by atoms with Crippen molar-refractivity contribution in [2.24, 2.45) is 0 Å². The summed E-state index contributed by atoms with van der Waals surface area (Å²) in [6, 6.07) is 20.2. The molecule has 152 valence electrons. The standard InChI is InChI=1S/C26H21N3S2/c1-4-20(22-17(3)23-21(31-22)16(2)15-30-23)26-28-24(18-11-7-5-8-12-18)27-25(29-26)19-13-9-6-10-14-19/h4-15H,1-3H3/b20-4+. The maximum atomic E-state index is 4.91. The Balaban J connectivity index is 1.72. The molecule has 0 unspecified atom stereocenters. The van der Waals surface area contributed by atoms with Crippen molar-refractivity contribution in [3.8, 4) is 22.8 Å². The Morgan fingerprint density at radius 1 is 0.774 bits per heavy atom. The maximum Gasteiger partial charge on any atom is 0.165 e. The predicted molar refractivity (Wildman–Crippen MR) is 133 cm³/mol. The number of rotatable bonds is 4. The highest BCUT2D eigenvalue weighted by Crippen LogP contribution is 2.42. The molecule has 0 atom stereocenters. The van der Waals surface area contributed by atoms with Gasteiger partial charge in [-0.3, -0.25) is 0 Å². The Morgan fingerprint density at radius 3 is 1.87 bits per heavy atom. The smallest absolute Gasteiger partial charge is 0.165 e. The lowest BCUT2D eigenvalue weighted by Gasteiger charge is -2.10. The molecule has 5 rings (SSSR count). The summed E-state index contributed by atoms with van der Waals surface area (Å²) in [7, 11) is 0. The molecule has 0 fully saturated rings. The van der Waals surface area contributed by atoms with E-state index in [2.05, 4.69) is 32.2 Å². The first-order valence-electron chi connectivity index (χ1n) is 10.2. The number of nitrogens with zero attached hydrogens (tertiary/aromatic N) is 3. The predicted octanol–water partition coefficient (Wildman–Crippen LogP) is 7.55. The fourth-order valence-corrected chi connectivity index (χ4v) is 6.26. The molecular weight excluding hydrogens is 418 g/mol. The van der Waals surface area contributed by atoms with Crippen molar-refractivity contribution >= 4 is 37.6 Å². The lowest BCUT2D eigenvalue weighted by molar-refractivity contribution is 1.04. The van der Waals surface area contributed by atoms with Gasteiger partial charge >= 0.3 is 0 Å². The molecule has 0 bridgehead atoms. The molecule has 0 aliphatic rings. The van der Waals surface area contributed by atoms with Crippen LogP contribution in [0, 0.1) is 13.8 Å². The second-order valence-corrected chi connectivity index (χ2v) is 9.27. The summed E-state index contributed by atoms with van der Waals surface area (Å²) in [5, 5.41) is 2.23. The zero-order chi connectivity index (χ0) is 21.4. The number of thiophene rings is 2. The molecule has 5 heteroatoms. The summed E-state index contributed by atoms with van der Waals surface area (Å²) in [6.45, 7) is 6.44. The van der Waals surface area contributed by atoms with Gasteiger partial charge in [-0.15, -0.1) is 22.7 Å². The Hall–Kier alpha value is -3.15. The van der Waals surface area contributed by atoms with Gasteiger partial charge < -0.3 is 0 Å². The van der Waals surface area contributed by atoms with Crippen molar-refractivity contribution in [3.05, 3.63) is 93.9 Å². The average molecular weight is 440 g/mol. The highest BCUT2D eigenvalue weighted by molar-refractivity contribution is 7.28. The number of hydrogen-bond donors (Lipinski definition) is 0. The summed E-state index contributed by atoms with van der Waals surface area (Å²) >= 11 is 3.64. The average Bonchev–Trinajstić information content (AvgIpc) is 3.35. The van der Waals surface area contributed by atoms with Crippen LogP contribution >= 0.6 is 22.7 Å². The third-order valence-electron chi connectivity index (χ3n) is 5.28. The van der Waals surface area contributed by atoms with Crippen molar-refractivity contribution in [2.75, 3.05) is 0 Å². The molecule has 0 amide bonds. The van der Waals surface area contributed by atoms with Crippen molar-refractivity contribution in [3.63, 3.8) is 0 Å². The van der Waals surface area contributed by atoms with Crippen molar-refractivity contribution < 1.29 is 0 Å². The molecule has 31 heavy (non-hydrogen) atoms. The van der Waals surface area contributed by atoms with Crippen LogP contribution in [0.15, 0.2) is 72.1 Å². The first kappa shape index (κ1) is 19.8. The van der Waals surface area contributed by atoms with E-state index in [1.165, 1.54) is 25.4 Å². The van der Waals surface area contributed by atoms with E-state index in [1.807, 2.05) is 83.3 Å². The molecule has 2 aromatic carbocycles. The highest BCUT2D eigenvalue weighted by atomic mass is 32.1. The van der Waals surface area contributed by atoms with Crippen molar-refractivity contribution in [1.82, 2.24) is 15.0 Å². The van der Waals surface area contributed by atoms with Gasteiger partial charge in [0.25, 0.3) is 0 Å². The minimum absolute atomic E-state index is 0.691. The van der Waals surface area contributed by atoms with E-state index < -0.39 is 0 Å². The minimum atomic E-state index is 0.691. The number of fused-ring (bicyclic) bond motifs is 1. The Morgan fingerprint density at radius 2 is 1.35 bits per heavy atom. The molecule has 0 aliphatic carbocycles. The number of aromatic nitrogens is 3. The van der Waals surface area contributed by atoms with E-state index in [4.69, 9.17) is 15.0 Å². The summed E-state index contributed by atoms with van der Waals surface area (Å²) in [5.74, 6) is 2.09. The monoisotopic (exact) mass is 439 g/mol. The Bertz CT molecular complexity index is 1340.